The Morgan fingerprint density at radius 2 is 0.960 bits per heavy atom. The van der Waals surface area contributed by atoms with Crippen LogP contribution in [0.3, 0.4) is 0 Å². The lowest BCUT2D eigenvalue weighted by atomic mass is 9.93. The molecule has 10 rings (SSSR count). The Morgan fingerprint density at radius 3 is 1.66 bits per heavy atom. The maximum absolute atomic E-state index is 6.45. The first-order chi connectivity index (χ1) is 24.8. The predicted octanol–water partition coefficient (Wildman–Crippen LogP) is 11.4. The van der Waals surface area contributed by atoms with Gasteiger partial charge in [-0.25, -0.2) is 19.9 Å². The molecule has 3 heterocycles. The third-order valence-corrected chi connectivity index (χ3v) is 9.14. The van der Waals surface area contributed by atoms with Crippen LogP contribution in [0, 0.1) is 0 Å². The fourth-order valence-corrected chi connectivity index (χ4v) is 6.82. The minimum Gasteiger partial charge on any atom is -0.456 e. The van der Waals surface area contributed by atoms with Gasteiger partial charge in [0.1, 0.15) is 16.7 Å². The van der Waals surface area contributed by atoms with E-state index in [2.05, 4.69) is 42.5 Å². The number of hydrogen-bond acceptors (Lipinski definition) is 6. The van der Waals surface area contributed by atoms with Crippen molar-refractivity contribution in [2.24, 2.45) is 0 Å². The molecule has 0 amide bonds. The molecule has 0 aliphatic rings. The number of aromatic nitrogens is 4. The first kappa shape index (κ1) is 28.1. The Labute approximate surface area is 286 Å². The Kier molecular flexibility index (Phi) is 6.39. The zero-order valence-corrected chi connectivity index (χ0v) is 26.6. The number of benzene rings is 7. The van der Waals surface area contributed by atoms with Crippen LogP contribution in [0.5, 0.6) is 0 Å². The molecule has 0 radical (unpaired) electrons. The van der Waals surface area contributed by atoms with Gasteiger partial charge >= 0.3 is 0 Å². The van der Waals surface area contributed by atoms with E-state index in [9.17, 15) is 0 Å². The molecule has 0 spiro atoms. The van der Waals surface area contributed by atoms with Gasteiger partial charge in [0.05, 0.1) is 0 Å². The van der Waals surface area contributed by atoms with Crippen molar-refractivity contribution in [1.82, 2.24) is 19.9 Å². The molecule has 0 saturated heterocycles. The van der Waals surface area contributed by atoms with Crippen molar-refractivity contribution in [3.8, 4) is 56.7 Å². The van der Waals surface area contributed by atoms with Crippen molar-refractivity contribution in [1.29, 1.82) is 0 Å². The van der Waals surface area contributed by atoms with Crippen LogP contribution < -0.4 is 0 Å². The molecule has 0 unspecified atom stereocenters. The SMILES string of the molecule is c1ccc(-c2nc(-c3ccccc3)nc(-c3cc(-c4c5nc(-c6ccccc6)oc5cc5oc6ccccc6c45)cc4ccccc34)n2)cc1. The molecule has 234 valence electrons. The minimum atomic E-state index is 0.553. The standard InChI is InChI=1S/C44H26N4O2/c1-4-14-27(15-5-1)41-46-42(28-16-6-2-7-17-28)48-43(47-41)34-25-31(24-30-20-10-11-21-32(30)34)38-39-33-22-12-13-23-35(33)49-36(39)26-37-40(38)45-44(50-37)29-18-8-3-9-19-29/h1-26H. The second-order valence-corrected chi connectivity index (χ2v) is 12.2. The maximum atomic E-state index is 6.45. The lowest BCUT2D eigenvalue weighted by Gasteiger charge is -2.13. The highest BCUT2D eigenvalue weighted by atomic mass is 16.4. The van der Waals surface area contributed by atoms with Crippen molar-refractivity contribution < 1.29 is 8.83 Å². The summed E-state index contributed by atoms with van der Waals surface area (Å²) in [5.74, 6) is 2.36. The summed E-state index contributed by atoms with van der Waals surface area (Å²) in [6.45, 7) is 0. The van der Waals surface area contributed by atoms with E-state index in [4.69, 9.17) is 28.8 Å². The number of oxazole rings is 1. The lowest BCUT2D eigenvalue weighted by Crippen LogP contribution is -2.01. The molecule has 0 aliphatic heterocycles. The van der Waals surface area contributed by atoms with E-state index in [1.165, 1.54) is 0 Å². The van der Waals surface area contributed by atoms with Crippen molar-refractivity contribution in [2.45, 2.75) is 0 Å². The topological polar surface area (TPSA) is 77.8 Å². The summed E-state index contributed by atoms with van der Waals surface area (Å²) in [4.78, 5) is 20.3. The molecule has 3 aromatic heterocycles. The van der Waals surface area contributed by atoms with Gasteiger partial charge in [0.15, 0.2) is 23.1 Å². The van der Waals surface area contributed by atoms with Crippen molar-refractivity contribution >= 4 is 43.8 Å². The van der Waals surface area contributed by atoms with E-state index in [1.54, 1.807) is 0 Å². The molecule has 7 aromatic carbocycles. The van der Waals surface area contributed by atoms with Crippen LogP contribution in [0.1, 0.15) is 0 Å². The number of furan rings is 1. The molecule has 6 nitrogen and oxygen atoms in total. The first-order valence-corrected chi connectivity index (χ1v) is 16.5. The van der Waals surface area contributed by atoms with Crippen molar-refractivity contribution in [2.75, 3.05) is 0 Å². The molecule has 0 saturated carbocycles. The van der Waals surface area contributed by atoms with Gasteiger partial charge in [-0.3, -0.25) is 0 Å². The molecule has 0 fully saturated rings. The smallest absolute Gasteiger partial charge is 0.227 e. The van der Waals surface area contributed by atoms with E-state index in [0.29, 0.717) is 28.9 Å². The van der Waals surface area contributed by atoms with Gasteiger partial charge in [0.25, 0.3) is 0 Å². The van der Waals surface area contributed by atoms with Gasteiger partial charge in [0, 0.05) is 44.7 Å². The number of para-hydroxylation sites is 1. The average Bonchev–Trinajstić information content (AvgIpc) is 3.79. The highest BCUT2D eigenvalue weighted by Gasteiger charge is 2.23. The summed E-state index contributed by atoms with van der Waals surface area (Å²) in [7, 11) is 0. The summed E-state index contributed by atoms with van der Waals surface area (Å²) >= 11 is 0. The van der Waals surface area contributed by atoms with Crippen LogP contribution in [0.15, 0.2) is 167 Å². The van der Waals surface area contributed by atoms with E-state index in [-0.39, 0.29) is 0 Å². The first-order valence-electron chi connectivity index (χ1n) is 16.5. The molecule has 50 heavy (non-hydrogen) atoms. The summed E-state index contributed by atoms with van der Waals surface area (Å²) in [5.41, 5.74) is 8.46. The van der Waals surface area contributed by atoms with Gasteiger partial charge in [0.2, 0.25) is 5.89 Å². The fourth-order valence-electron chi connectivity index (χ4n) is 6.82. The maximum Gasteiger partial charge on any atom is 0.227 e. The zero-order valence-electron chi connectivity index (χ0n) is 26.6. The van der Waals surface area contributed by atoms with Crippen LogP contribution >= 0.6 is 0 Å². The predicted molar refractivity (Wildman–Crippen MR) is 199 cm³/mol. The molecule has 10 aromatic rings. The zero-order chi connectivity index (χ0) is 33.0. The molecule has 6 heteroatoms. The van der Waals surface area contributed by atoms with Crippen LogP contribution in [-0.2, 0) is 0 Å². The van der Waals surface area contributed by atoms with Gasteiger partial charge in [-0.1, -0.05) is 121 Å². The largest absolute Gasteiger partial charge is 0.456 e. The van der Waals surface area contributed by atoms with Crippen LogP contribution in [0.2, 0.25) is 0 Å². The Bertz CT molecular complexity index is 2800. The Balaban J connectivity index is 1.29. The van der Waals surface area contributed by atoms with Crippen LogP contribution in [0.4, 0.5) is 0 Å². The normalized spacial score (nSPS) is 11.6. The summed E-state index contributed by atoms with van der Waals surface area (Å²) in [6, 6.07) is 52.9. The molecule has 0 atom stereocenters. The lowest BCUT2D eigenvalue weighted by molar-refractivity contribution is 0.617. The van der Waals surface area contributed by atoms with E-state index < -0.39 is 0 Å². The highest BCUT2D eigenvalue weighted by Crippen LogP contribution is 2.44. The Hall–Kier alpha value is -6.92. The summed E-state index contributed by atoms with van der Waals surface area (Å²) < 4.78 is 12.9. The van der Waals surface area contributed by atoms with Gasteiger partial charge in [-0.15, -0.1) is 0 Å². The van der Waals surface area contributed by atoms with Gasteiger partial charge in [-0.2, -0.15) is 0 Å². The molecule has 0 aliphatic carbocycles. The fraction of sp³-hybridized carbons (Fsp3) is 0. The number of rotatable bonds is 5. The quantitative estimate of drug-likeness (QED) is 0.186. The number of nitrogens with zero attached hydrogens (tertiary/aromatic N) is 4. The van der Waals surface area contributed by atoms with E-state index in [1.807, 2.05) is 115 Å². The van der Waals surface area contributed by atoms with Gasteiger partial charge < -0.3 is 8.83 Å². The van der Waals surface area contributed by atoms with Crippen LogP contribution in [0.25, 0.3) is 101 Å². The third kappa shape index (κ3) is 4.65. The van der Waals surface area contributed by atoms with Gasteiger partial charge in [-0.05, 0) is 46.7 Å². The number of fused-ring (bicyclic) bond motifs is 5. The molecule has 0 bridgehead atoms. The number of hydrogen-bond donors (Lipinski definition) is 0. The van der Waals surface area contributed by atoms with Crippen molar-refractivity contribution in [3.63, 3.8) is 0 Å². The third-order valence-electron chi connectivity index (χ3n) is 9.14. The second-order valence-electron chi connectivity index (χ2n) is 12.2. The van der Waals surface area contributed by atoms with Crippen LogP contribution in [-0.4, -0.2) is 19.9 Å². The average molecular weight is 643 g/mol. The van der Waals surface area contributed by atoms with E-state index >= 15 is 0 Å². The minimum absolute atomic E-state index is 0.553. The highest BCUT2D eigenvalue weighted by molar-refractivity contribution is 6.20. The molecule has 0 N–H and O–H groups in total. The summed E-state index contributed by atoms with van der Waals surface area (Å²) in [5, 5.41) is 4.07. The molecular formula is C44H26N4O2. The molecular weight excluding hydrogens is 617 g/mol. The van der Waals surface area contributed by atoms with E-state index in [0.717, 1.165) is 71.6 Å². The Morgan fingerprint density at radius 1 is 0.380 bits per heavy atom. The summed E-state index contributed by atoms with van der Waals surface area (Å²) in [6.07, 6.45) is 0. The second kappa shape index (κ2) is 11.4. The monoisotopic (exact) mass is 642 g/mol. The van der Waals surface area contributed by atoms with Crippen molar-refractivity contribution in [3.05, 3.63) is 158 Å².